The highest BCUT2D eigenvalue weighted by atomic mass is 127. The first-order chi connectivity index (χ1) is 15.4. The second-order valence-electron chi connectivity index (χ2n) is 8.43. The maximum Gasteiger partial charge on any atom is 0.251 e. The van der Waals surface area contributed by atoms with E-state index in [9.17, 15) is 14.0 Å². The van der Waals surface area contributed by atoms with Crippen LogP contribution in [0.4, 0.5) is 4.39 Å². The summed E-state index contributed by atoms with van der Waals surface area (Å²) in [6.45, 7) is 9.52. The van der Waals surface area contributed by atoms with E-state index >= 15 is 0 Å². The molecule has 2 N–H and O–H groups in total. The van der Waals surface area contributed by atoms with Crippen molar-refractivity contribution in [3.05, 3.63) is 35.1 Å². The summed E-state index contributed by atoms with van der Waals surface area (Å²) in [6.07, 6.45) is 2.22. The number of halogens is 2. The zero-order valence-electron chi connectivity index (χ0n) is 19.8. The molecule has 2 heterocycles. The van der Waals surface area contributed by atoms with E-state index in [2.05, 4.69) is 25.4 Å². The molecular formula is C23H36FIN6O2. The quantitative estimate of drug-likeness (QED) is 0.234. The van der Waals surface area contributed by atoms with Gasteiger partial charge >= 0.3 is 0 Å². The van der Waals surface area contributed by atoms with Gasteiger partial charge in [0.2, 0.25) is 5.91 Å². The first-order valence-corrected chi connectivity index (χ1v) is 11.4. The molecule has 10 heteroatoms. The molecule has 1 unspecified atom stereocenters. The Morgan fingerprint density at radius 3 is 2.27 bits per heavy atom. The van der Waals surface area contributed by atoms with Crippen molar-refractivity contribution in [1.29, 1.82) is 0 Å². The second-order valence-corrected chi connectivity index (χ2v) is 8.43. The molecule has 33 heavy (non-hydrogen) atoms. The van der Waals surface area contributed by atoms with Crippen LogP contribution in [0.1, 0.15) is 35.7 Å². The summed E-state index contributed by atoms with van der Waals surface area (Å²) < 4.78 is 13.6. The van der Waals surface area contributed by atoms with Crippen LogP contribution in [0.3, 0.4) is 0 Å². The van der Waals surface area contributed by atoms with Gasteiger partial charge in [-0.05, 0) is 44.4 Å². The Hall–Kier alpha value is -1.95. The minimum absolute atomic E-state index is 0. The molecule has 184 valence electrons. The van der Waals surface area contributed by atoms with E-state index in [1.165, 1.54) is 6.07 Å². The monoisotopic (exact) mass is 574 g/mol. The maximum atomic E-state index is 13.6. The molecule has 0 spiro atoms. The minimum atomic E-state index is -0.383. The highest BCUT2D eigenvalue weighted by molar-refractivity contribution is 14.0. The van der Waals surface area contributed by atoms with Crippen molar-refractivity contribution in [3.8, 4) is 0 Å². The maximum absolute atomic E-state index is 13.6. The van der Waals surface area contributed by atoms with Crippen LogP contribution in [0.2, 0.25) is 0 Å². The Morgan fingerprint density at radius 2 is 1.67 bits per heavy atom. The third-order valence-corrected chi connectivity index (χ3v) is 6.28. The van der Waals surface area contributed by atoms with Crippen LogP contribution in [-0.2, 0) is 4.79 Å². The minimum Gasteiger partial charge on any atom is -0.354 e. The number of hydrogen-bond donors (Lipinski definition) is 2. The number of carbonyl (C=O) groups is 2. The SMILES string of the molecule is CN=C(NCCNC(=O)c1ccc(C)c(F)c1)N1CCN(C(C)C(=O)N2CCCC2)CC1.I. The van der Waals surface area contributed by atoms with Crippen molar-refractivity contribution in [2.45, 2.75) is 32.7 Å². The van der Waals surface area contributed by atoms with Gasteiger partial charge in [0.25, 0.3) is 5.91 Å². The molecule has 1 aromatic carbocycles. The van der Waals surface area contributed by atoms with Gasteiger partial charge in [-0.2, -0.15) is 0 Å². The fourth-order valence-electron chi connectivity index (χ4n) is 4.20. The highest BCUT2D eigenvalue weighted by Gasteiger charge is 2.30. The molecule has 8 nitrogen and oxygen atoms in total. The molecule has 2 aliphatic rings. The van der Waals surface area contributed by atoms with Crippen molar-refractivity contribution in [2.75, 3.05) is 59.4 Å². The number of nitrogens with one attached hydrogen (secondary N) is 2. The van der Waals surface area contributed by atoms with Crippen molar-refractivity contribution < 1.29 is 14.0 Å². The largest absolute Gasteiger partial charge is 0.354 e. The number of piperazine rings is 1. The molecule has 2 saturated heterocycles. The van der Waals surface area contributed by atoms with Crippen LogP contribution < -0.4 is 10.6 Å². The lowest BCUT2D eigenvalue weighted by molar-refractivity contribution is -0.135. The summed E-state index contributed by atoms with van der Waals surface area (Å²) >= 11 is 0. The predicted octanol–water partition coefficient (Wildman–Crippen LogP) is 1.69. The normalized spacial score (nSPS) is 18.0. The van der Waals surface area contributed by atoms with Crippen LogP contribution in [0, 0.1) is 12.7 Å². The summed E-state index contributed by atoms with van der Waals surface area (Å²) in [4.78, 5) is 35.6. The summed E-state index contributed by atoms with van der Waals surface area (Å²) in [7, 11) is 1.74. The Labute approximate surface area is 213 Å². The van der Waals surface area contributed by atoms with Gasteiger partial charge in [-0.1, -0.05) is 6.07 Å². The van der Waals surface area contributed by atoms with Gasteiger partial charge in [-0.15, -0.1) is 24.0 Å². The van der Waals surface area contributed by atoms with Crippen molar-refractivity contribution in [3.63, 3.8) is 0 Å². The Morgan fingerprint density at radius 1 is 1.03 bits per heavy atom. The van der Waals surface area contributed by atoms with Crippen molar-refractivity contribution >= 4 is 41.8 Å². The number of amides is 2. The summed E-state index contributed by atoms with van der Waals surface area (Å²) in [5.74, 6) is 0.333. The van der Waals surface area contributed by atoms with E-state index in [0.717, 1.165) is 58.1 Å². The summed E-state index contributed by atoms with van der Waals surface area (Å²) in [5.41, 5.74) is 0.827. The van der Waals surface area contributed by atoms with Crippen LogP contribution >= 0.6 is 24.0 Å². The van der Waals surface area contributed by atoms with Crippen LogP contribution in [-0.4, -0.2) is 97.9 Å². The van der Waals surface area contributed by atoms with E-state index in [0.29, 0.717) is 24.2 Å². The van der Waals surface area contributed by atoms with Crippen LogP contribution in [0.25, 0.3) is 0 Å². The van der Waals surface area contributed by atoms with E-state index in [4.69, 9.17) is 0 Å². The molecule has 1 aromatic rings. The molecule has 2 aliphatic heterocycles. The Bertz CT molecular complexity index is 838. The average Bonchev–Trinajstić information content (AvgIpc) is 3.35. The first-order valence-electron chi connectivity index (χ1n) is 11.4. The number of nitrogens with zero attached hydrogens (tertiary/aromatic N) is 4. The van der Waals surface area contributed by atoms with Gasteiger partial charge in [0.15, 0.2) is 5.96 Å². The number of benzene rings is 1. The van der Waals surface area contributed by atoms with Crippen molar-refractivity contribution in [1.82, 2.24) is 25.3 Å². The van der Waals surface area contributed by atoms with Crippen LogP contribution in [0.15, 0.2) is 23.2 Å². The molecule has 2 fully saturated rings. The van der Waals surface area contributed by atoms with Gasteiger partial charge in [0, 0.05) is 65.0 Å². The number of hydrogen-bond acceptors (Lipinski definition) is 4. The second kappa shape index (κ2) is 13.1. The average molecular weight is 574 g/mol. The zero-order chi connectivity index (χ0) is 23.1. The summed E-state index contributed by atoms with van der Waals surface area (Å²) in [5, 5.41) is 6.07. The van der Waals surface area contributed by atoms with Gasteiger partial charge in [-0.3, -0.25) is 19.5 Å². The molecule has 1 atom stereocenters. The number of likely N-dealkylation sites (tertiary alicyclic amines) is 1. The number of carbonyl (C=O) groups excluding carboxylic acids is 2. The van der Waals surface area contributed by atoms with Gasteiger partial charge in [-0.25, -0.2) is 4.39 Å². The van der Waals surface area contributed by atoms with Gasteiger partial charge < -0.3 is 20.4 Å². The molecular weight excluding hydrogens is 538 g/mol. The van der Waals surface area contributed by atoms with E-state index in [-0.39, 0.29) is 47.7 Å². The number of rotatable bonds is 6. The molecule has 0 radical (unpaired) electrons. The van der Waals surface area contributed by atoms with Crippen molar-refractivity contribution in [2.24, 2.45) is 4.99 Å². The predicted molar refractivity (Wildman–Crippen MR) is 139 cm³/mol. The summed E-state index contributed by atoms with van der Waals surface area (Å²) in [6, 6.07) is 4.39. The highest BCUT2D eigenvalue weighted by Crippen LogP contribution is 2.14. The number of aryl methyl sites for hydroxylation is 1. The first kappa shape index (κ1) is 27.3. The number of aliphatic imine (C=N–C) groups is 1. The lowest BCUT2D eigenvalue weighted by Crippen LogP contribution is -2.57. The Balaban J connectivity index is 0.00000385. The van der Waals surface area contributed by atoms with E-state index in [1.807, 2.05) is 11.8 Å². The Kier molecular flexibility index (Phi) is 10.8. The van der Waals surface area contributed by atoms with E-state index in [1.54, 1.807) is 26.1 Å². The molecule has 0 saturated carbocycles. The standard InChI is InChI=1S/C23H35FN6O2.HI/c1-17-6-7-19(16-20(17)24)21(31)26-8-9-27-23(25-3)30-14-12-28(13-15-30)18(2)22(32)29-10-4-5-11-29;/h6-7,16,18H,4-5,8-15H2,1-3H3,(H,25,27)(H,26,31);1H. The van der Waals surface area contributed by atoms with Gasteiger partial charge in [0.05, 0.1) is 6.04 Å². The molecule has 0 bridgehead atoms. The third kappa shape index (κ3) is 7.26. The fourth-order valence-corrected chi connectivity index (χ4v) is 4.20. The fraction of sp³-hybridized carbons (Fsp3) is 0.609. The third-order valence-electron chi connectivity index (χ3n) is 6.28. The topological polar surface area (TPSA) is 80.3 Å². The molecule has 0 aliphatic carbocycles. The lowest BCUT2D eigenvalue weighted by atomic mass is 10.1. The molecule has 2 amide bonds. The zero-order valence-corrected chi connectivity index (χ0v) is 22.1. The van der Waals surface area contributed by atoms with Crippen LogP contribution in [0.5, 0.6) is 0 Å². The molecule has 0 aromatic heterocycles. The number of guanidine groups is 1. The lowest BCUT2D eigenvalue weighted by Gasteiger charge is -2.39. The van der Waals surface area contributed by atoms with Gasteiger partial charge in [0.1, 0.15) is 5.82 Å². The smallest absolute Gasteiger partial charge is 0.251 e. The molecule has 3 rings (SSSR count). The van der Waals surface area contributed by atoms with E-state index < -0.39 is 0 Å².